The van der Waals surface area contributed by atoms with Crippen LogP contribution in [0.15, 0.2) is 22.1 Å². The maximum atomic E-state index is 11.1. The van der Waals surface area contributed by atoms with Gasteiger partial charge in [-0.15, -0.1) is 0 Å². The highest BCUT2D eigenvalue weighted by Gasteiger charge is 2.24. The minimum absolute atomic E-state index is 0.0113. The van der Waals surface area contributed by atoms with Crippen LogP contribution in [0, 0.1) is 5.92 Å². The molecule has 0 bridgehead atoms. The molecule has 0 amide bonds. The Kier molecular flexibility index (Phi) is 3.67. The van der Waals surface area contributed by atoms with E-state index < -0.39 is 5.92 Å². The molecule has 0 aromatic rings. The molecule has 2 nitrogen and oxygen atoms in total. The Labute approximate surface area is 91.3 Å². The first kappa shape index (κ1) is 10.9. The summed E-state index contributed by atoms with van der Waals surface area (Å²) in [5.41, 5.74) is 0. The summed E-state index contributed by atoms with van der Waals surface area (Å²) in [7, 11) is 0. The number of ketones is 1. The van der Waals surface area contributed by atoms with Crippen LogP contribution in [-0.4, -0.2) is 10.6 Å². The number of nitrogens with two attached hydrogens (primary N) is 1. The highest BCUT2D eigenvalue weighted by atomic mass is 35.5. The zero-order valence-corrected chi connectivity index (χ0v) is 9.30. The average molecular weight is 234 g/mol. The molecule has 0 saturated heterocycles. The third-order valence-electron chi connectivity index (χ3n) is 1.69. The summed E-state index contributed by atoms with van der Waals surface area (Å²) in [6.45, 7) is 1.49. The largest absolute Gasteiger partial charge is 0.299 e. The quantitative estimate of drug-likeness (QED) is 0.587. The van der Waals surface area contributed by atoms with Crippen LogP contribution in [0.4, 0.5) is 0 Å². The second kappa shape index (κ2) is 4.37. The molecule has 0 saturated carbocycles. The van der Waals surface area contributed by atoms with Gasteiger partial charge in [0.05, 0.1) is 5.92 Å². The fourth-order valence-electron chi connectivity index (χ4n) is 1.03. The summed E-state index contributed by atoms with van der Waals surface area (Å²) in [6.07, 6.45) is 3.32. The van der Waals surface area contributed by atoms with Crippen molar-refractivity contribution in [3.63, 3.8) is 0 Å². The van der Waals surface area contributed by atoms with Crippen LogP contribution in [0.1, 0.15) is 6.92 Å². The summed E-state index contributed by atoms with van der Waals surface area (Å²) in [4.78, 5) is 12.4. The monoisotopic (exact) mass is 233 g/mol. The van der Waals surface area contributed by atoms with Crippen molar-refractivity contribution in [2.45, 2.75) is 6.92 Å². The van der Waals surface area contributed by atoms with Crippen molar-refractivity contribution in [3.05, 3.63) is 22.1 Å². The van der Waals surface area contributed by atoms with Gasteiger partial charge >= 0.3 is 0 Å². The van der Waals surface area contributed by atoms with Gasteiger partial charge in [-0.2, -0.15) is 0 Å². The average Bonchev–Trinajstić information content (AvgIpc) is 2.08. The molecule has 1 rings (SSSR count). The Balaban J connectivity index is 3.02. The minimum Gasteiger partial charge on any atom is -0.299 e. The number of Topliss-reactive ketones (excluding diaryl/α,β-unsaturated/α-hetero) is 1. The Bertz CT molecular complexity index is 322. The van der Waals surface area contributed by atoms with E-state index in [1.165, 1.54) is 6.92 Å². The zero-order valence-electron chi connectivity index (χ0n) is 6.91. The van der Waals surface area contributed by atoms with Gasteiger partial charge in [0.2, 0.25) is 0 Å². The second-order valence-corrected chi connectivity index (χ2v) is 4.18. The molecule has 2 N–H and O–H groups in total. The third kappa shape index (κ3) is 2.40. The lowest BCUT2D eigenvalue weighted by atomic mass is 9.96. The fraction of sp³-hybridized carbons (Fsp3) is 0.250. The van der Waals surface area contributed by atoms with Gasteiger partial charge in [-0.05, 0) is 24.9 Å². The molecule has 1 aliphatic rings. The molecule has 13 heavy (non-hydrogen) atoms. The number of thiocarbonyl (C=S) groups is 1. The Morgan fingerprint density at radius 3 is 2.85 bits per heavy atom. The summed E-state index contributed by atoms with van der Waals surface area (Å²) >= 11 is 11.9. The van der Waals surface area contributed by atoms with Crippen molar-refractivity contribution < 1.29 is 4.79 Å². The smallest absolute Gasteiger partial charge is 0.142 e. The van der Waals surface area contributed by atoms with E-state index in [-0.39, 0.29) is 5.78 Å². The number of carbonyl (C=O) groups excluding carboxylic acids is 1. The molecule has 1 unspecified atom stereocenters. The lowest BCUT2D eigenvalue weighted by Crippen LogP contribution is -2.22. The molecular formula is C8H8ClNOS2. The summed E-state index contributed by atoms with van der Waals surface area (Å²) in [5.74, 6) is -0.402. The molecule has 0 radical (unpaired) electrons. The van der Waals surface area contributed by atoms with Crippen LogP contribution in [0.25, 0.3) is 0 Å². The molecule has 0 heterocycles. The van der Waals surface area contributed by atoms with E-state index >= 15 is 0 Å². The number of hydrogen-bond donors (Lipinski definition) is 1. The van der Waals surface area contributed by atoms with E-state index in [9.17, 15) is 4.79 Å². The van der Waals surface area contributed by atoms with Crippen molar-refractivity contribution in [2.24, 2.45) is 11.1 Å². The summed E-state index contributed by atoms with van der Waals surface area (Å²) in [6, 6.07) is 0. The Morgan fingerprint density at radius 1 is 1.77 bits per heavy atom. The number of hydrogen-bond acceptors (Lipinski definition) is 4. The van der Waals surface area contributed by atoms with Crippen molar-refractivity contribution in [1.29, 1.82) is 0 Å². The molecule has 70 valence electrons. The zero-order chi connectivity index (χ0) is 10.0. The van der Waals surface area contributed by atoms with Gasteiger partial charge in [0, 0.05) is 14.8 Å². The highest BCUT2D eigenvalue weighted by molar-refractivity contribution is 8.03. The standard InChI is InChI=1S/C8H8ClNOS2/c1-4(11)6-2-5(9)3-7(13-10)8(6)12/h2-3,6H,10H2,1H3. The molecule has 0 aliphatic heterocycles. The predicted molar refractivity (Wildman–Crippen MR) is 60.6 cm³/mol. The molecule has 1 aliphatic carbocycles. The van der Waals surface area contributed by atoms with Crippen molar-refractivity contribution >= 4 is 46.4 Å². The second-order valence-electron chi connectivity index (χ2n) is 2.63. The molecule has 0 fully saturated rings. The number of rotatable bonds is 2. The van der Waals surface area contributed by atoms with Crippen molar-refractivity contribution in [3.8, 4) is 0 Å². The van der Waals surface area contributed by atoms with Crippen LogP contribution < -0.4 is 5.14 Å². The van der Waals surface area contributed by atoms with E-state index in [1.54, 1.807) is 12.2 Å². The first-order chi connectivity index (χ1) is 6.06. The van der Waals surface area contributed by atoms with Crippen LogP contribution in [-0.2, 0) is 4.79 Å². The van der Waals surface area contributed by atoms with E-state index in [2.05, 4.69) is 0 Å². The Hall–Kier alpha value is -0.160. The van der Waals surface area contributed by atoms with Gasteiger partial charge in [-0.3, -0.25) is 9.93 Å². The molecule has 5 heteroatoms. The van der Waals surface area contributed by atoms with Crippen LogP contribution in [0.2, 0.25) is 0 Å². The molecule has 0 aromatic heterocycles. The first-order valence-corrected chi connectivity index (χ1v) is 5.23. The van der Waals surface area contributed by atoms with Gasteiger partial charge in [0.1, 0.15) is 5.78 Å². The van der Waals surface area contributed by atoms with Gasteiger partial charge in [0.15, 0.2) is 0 Å². The SMILES string of the molecule is CC(=O)C1C=C(Cl)C=C(SN)C1=S. The first-order valence-electron chi connectivity index (χ1n) is 3.56. The molecule has 0 spiro atoms. The van der Waals surface area contributed by atoms with E-state index in [1.807, 2.05) is 0 Å². The highest BCUT2D eigenvalue weighted by Crippen LogP contribution is 2.28. The van der Waals surface area contributed by atoms with Crippen LogP contribution in [0.5, 0.6) is 0 Å². The fourth-order valence-corrected chi connectivity index (χ4v) is 2.20. The number of halogens is 1. The topological polar surface area (TPSA) is 43.1 Å². The molecular weight excluding hydrogens is 226 g/mol. The lowest BCUT2D eigenvalue weighted by Gasteiger charge is -2.17. The van der Waals surface area contributed by atoms with Gasteiger partial charge < -0.3 is 0 Å². The van der Waals surface area contributed by atoms with Crippen molar-refractivity contribution in [2.75, 3.05) is 0 Å². The lowest BCUT2D eigenvalue weighted by molar-refractivity contribution is -0.117. The Morgan fingerprint density at radius 2 is 2.38 bits per heavy atom. The predicted octanol–water partition coefficient (Wildman–Crippen LogP) is 2.19. The van der Waals surface area contributed by atoms with Gasteiger partial charge in [0.25, 0.3) is 0 Å². The van der Waals surface area contributed by atoms with Gasteiger partial charge in [-0.1, -0.05) is 29.9 Å². The third-order valence-corrected chi connectivity index (χ3v) is 3.11. The number of allylic oxidation sites excluding steroid dienone is 4. The minimum atomic E-state index is -0.390. The normalized spacial score (nSPS) is 22.4. The van der Waals surface area contributed by atoms with E-state index in [0.29, 0.717) is 14.8 Å². The summed E-state index contributed by atoms with van der Waals surface area (Å²) < 4.78 is 0. The van der Waals surface area contributed by atoms with Crippen LogP contribution in [0.3, 0.4) is 0 Å². The van der Waals surface area contributed by atoms with Crippen LogP contribution >= 0.6 is 35.8 Å². The maximum Gasteiger partial charge on any atom is 0.142 e. The van der Waals surface area contributed by atoms with Crippen molar-refractivity contribution in [1.82, 2.24) is 0 Å². The maximum absolute atomic E-state index is 11.1. The van der Waals surface area contributed by atoms with E-state index in [0.717, 1.165) is 11.9 Å². The summed E-state index contributed by atoms with van der Waals surface area (Å²) in [5, 5.41) is 5.90. The van der Waals surface area contributed by atoms with E-state index in [4.69, 9.17) is 29.0 Å². The molecule has 0 aromatic carbocycles. The molecule has 1 atom stereocenters. The van der Waals surface area contributed by atoms with Gasteiger partial charge in [-0.25, -0.2) is 0 Å². The number of carbonyl (C=O) groups is 1.